The van der Waals surface area contributed by atoms with Crippen molar-refractivity contribution in [1.82, 2.24) is 14.8 Å². The van der Waals surface area contributed by atoms with E-state index in [1.165, 1.54) is 64.5 Å². The molecule has 1 aromatic rings. The van der Waals surface area contributed by atoms with Crippen LogP contribution in [0.15, 0.2) is 24.5 Å². The fourth-order valence-corrected chi connectivity index (χ4v) is 5.81. The van der Waals surface area contributed by atoms with Crippen molar-refractivity contribution in [2.45, 2.75) is 82.2 Å². The zero-order chi connectivity index (χ0) is 17.8. The summed E-state index contributed by atoms with van der Waals surface area (Å²) in [5, 5.41) is 3.34. The third-order valence-electron chi connectivity index (χ3n) is 7.22. The van der Waals surface area contributed by atoms with Crippen LogP contribution in [0.4, 0.5) is 0 Å². The standard InChI is InChI=1S/C22H35N3O/c26-21(17-22(11-3-1-4-12-22)25-15-6-7-16-25)23-18-19-9-8-14-24-13-5-2-10-20(19)24/h6-7,15-16,19-20H,1-5,8-14,17-18H2,(H,23,26)/t19-,20+/m0/s1. The van der Waals surface area contributed by atoms with Gasteiger partial charge >= 0.3 is 0 Å². The summed E-state index contributed by atoms with van der Waals surface area (Å²) in [7, 11) is 0. The zero-order valence-corrected chi connectivity index (χ0v) is 16.2. The first kappa shape index (κ1) is 18.1. The predicted molar refractivity (Wildman–Crippen MR) is 105 cm³/mol. The molecule has 1 aromatic heterocycles. The number of hydrogen-bond donors (Lipinski definition) is 1. The topological polar surface area (TPSA) is 37.3 Å². The molecule has 4 rings (SSSR count). The van der Waals surface area contributed by atoms with Crippen molar-refractivity contribution < 1.29 is 4.79 Å². The molecule has 1 saturated carbocycles. The van der Waals surface area contributed by atoms with E-state index in [0.717, 1.165) is 19.4 Å². The summed E-state index contributed by atoms with van der Waals surface area (Å²) >= 11 is 0. The first-order chi connectivity index (χ1) is 12.8. The largest absolute Gasteiger partial charge is 0.356 e. The molecule has 0 radical (unpaired) electrons. The smallest absolute Gasteiger partial charge is 0.222 e. The number of nitrogens with zero attached hydrogens (tertiary/aromatic N) is 2. The molecular weight excluding hydrogens is 322 g/mol. The van der Waals surface area contributed by atoms with E-state index in [2.05, 4.69) is 39.3 Å². The highest BCUT2D eigenvalue weighted by molar-refractivity contribution is 5.77. The summed E-state index contributed by atoms with van der Waals surface area (Å²) in [6.45, 7) is 3.42. The molecule has 2 saturated heterocycles. The molecule has 3 heterocycles. The number of amides is 1. The Bertz CT molecular complexity index is 574. The predicted octanol–water partition coefficient (Wildman–Crippen LogP) is 3.92. The number of carbonyl (C=O) groups excluding carboxylic acids is 1. The van der Waals surface area contributed by atoms with Crippen molar-refractivity contribution in [3.63, 3.8) is 0 Å². The Kier molecular flexibility index (Phi) is 5.68. The highest BCUT2D eigenvalue weighted by Crippen LogP contribution is 2.38. The molecule has 3 fully saturated rings. The molecular formula is C22H35N3O. The highest BCUT2D eigenvalue weighted by Gasteiger charge is 2.36. The summed E-state index contributed by atoms with van der Waals surface area (Å²) in [4.78, 5) is 15.6. The molecule has 0 unspecified atom stereocenters. The molecule has 1 N–H and O–H groups in total. The molecule has 2 aliphatic heterocycles. The summed E-state index contributed by atoms with van der Waals surface area (Å²) in [6, 6.07) is 4.90. The quantitative estimate of drug-likeness (QED) is 0.867. The highest BCUT2D eigenvalue weighted by atomic mass is 16.1. The number of carbonyl (C=O) groups is 1. The molecule has 26 heavy (non-hydrogen) atoms. The normalized spacial score (nSPS) is 29.1. The monoisotopic (exact) mass is 357 g/mol. The summed E-state index contributed by atoms with van der Waals surface area (Å²) < 4.78 is 2.31. The van der Waals surface area contributed by atoms with E-state index in [4.69, 9.17) is 0 Å². The van der Waals surface area contributed by atoms with Crippen molar-refractivity contribution in [1.29, 1.82) is 0 Å². The third-order valence-corrected chi connectivity index (χ3v) is 7.22. The first-order valence-corrected chi connectivity index (χ1v) is 10.9. The van der Waals surface area contributed by atoms with Gasteiger partial charge in [-0.3, -0.25) is 4.79 Å². The number of hydrogen-bond acceptors (Lipinski definition) is 2. The van der Waals surface area contributed by atoms with Gasteiger partial charge in [0.1, 0.15) is 0 Å². The third kappa shape index (κ3) is 3.85. The Morgan fingerprint density at radius 2 is 1.73 bits per heavy atom. The molecule has 4 nitrogen and oxygen atoms in total. The van der Waals surface area contributed by atoms with Gasteiger partial charge in [0, 0.05) is 25.0 Å². The first-order valence-electron chi connectivity index (χ1n) is 10.9. The SMILES string of the molecule is O=C(CC1(n2cccc2)CCCCC1)NC[C@@H]1CCCN2CCCC[C@H]12. The number of aromatic nitrogens is 1. The molecule has 2 atom stereocenters. The average Bonchev–Trinajstić information content (AvgIpc) is 3.23. The molecule has 1 aliphatic carbocycles. The van der Waals surface area contributed by atoms with Gasteiger partial charge in [0.05, 0.1) is 12.0 Å². The van der Waals surface area contributed by atoms with Gasteiger partial charge in [-0.15, -0.1) is 0 Å². The van der Waals surface area contributed by atoms with E-state index in [0.29, 0.717) is 18.4 Å². The van der Waals surface area contributed by atoms with Crippen LogP contribution in [0, 0.1) is 5.92 Å². The van der Waals surface area contributed by atoms with E-state index < -0.39 is 0 Å². The minimum atomic E-state index is 0.00920. The van der Waals surface area contributed by atoms with E-state index in [1.807, 2.05) is 0 Å². The van der Waals surface area contributed by atoms with Crippen LogP contribution in [0.25, 0.3) is 0 Å². The van der Waals surface area contributed by atoms with Gasteiger partial charge in [-0.25, -0.2) is 0 Å². The molecule has 0 spiro atoms. The van der Waals surface area contributed by atoms with Crippen LogP contribution in [0.2, 0.25) is 0 Å². The average molecular weight is 358 g/mol. The minimum Gasteiger partial charge on any atom is -0.356 e. The van der Waals surface area contributed by atoms with E-state index >= 15 is 0 Å². The van der Waals surface area contributed by atoms with Gasteiger partial charge in [-0.05, 0) is 69.7 Å². The van der Waals surface area contributed by atoms with Crippen LogP contribution in [-0.4, -0.2) is 41.1 Å². The lowest BCUT2D eigenvalue weighted by Crippen LogP contribution is -2.51. The van der Waals surface area contributed by atoms with E-state index in [1.54, 1.807) is 0 Å². The summed E-state index contributed by atoms with van der Waals surface area (Å²) in [6.07, 6.45) is 17.6. The van der Waals surface area contributed by atoms with Gasteiger partial charge in [0.25, 0.3) is 0 Å². The van der Waals surface area contributed by atoms with Gasteiger partial charge < -0.3 is 14.8 Å². The lowest BCUT2D eigenvalue weighted by Gasteiger charge is -2.44. The van der Waals surface area contributed by atoms with Crippen molar-refractivity contribution in [3.8, 4) is 0 Å². The van der Waals surface area contributed by atoms with Crippen molar-refractivity contribution in [2.24, 2.45) is 5.92 Å². The maximum atomic E-state index is 12.9. The van der Waals surface area contributed by atoms with Crippen LogP contribution in [0.1, 0.15) is 70.6 Å². The van der Waals surface area contributed by atoms with Gasteiger partial charge in [0.2, 0.25) is 5.91 Å². The second kappa shape index (κ2) is 8.16. The Hall–Kier alpha value is -1.29. The molecule has 144 valence electrons. The maximum Gasteiger partial charge on any atom is 0.222 e. The van der Waals surface area contributed by atoms with Gasteiger partial charge in [-0.2, -0.15) is 0 Å². The molecule has 4 heteroatoms. The number of piperidine rings is 2. The van der Waals surface area contributed by atoms with Crippen LogP contribution < -0.4 is 5.32 Å². The lowest BCUT2D eigenvalue weighted by atomic mass is 9.78. The second-order valence-corrected chi connectivity index (χ2v) is 8.86. The van der Waals surface area contributed by atoms with Crippen molar-refractivity contribution in [3.05, 3.63) is 24.5 Å². The van der Waals surface area contributed by atoms with Crippen LogP contribution in [0.3, 0.4) is 0 Å². The van der Waals surface area contributed by atoms with Crippen molar-refractivity contribution in [2.75, 3.05) is 19.6 Å². The lowest BCUT2D eigenvalue weighted by molar-refractivity contribution is -0.124. The second-order valence-electron chi connectivity index (χ2n) is 8.86. The van der Waals surface area contributed by atoms with Crippen molar-refractivity contribution >= 4 is 5.91 Å². The van der Waals surface area contributed by atoms with Gasteiger partial charge in [-0.1, -0.05) is 25.7 Å². The van der Waals surface area contributed by atoms with E-state index in [-0.39, 0.29) is 11.4 Å². The number of fused-ring (bicyclic) bond motifs is 1. The summed E-state index contributed by atoms with van der Waals surface area (Å²) in [5.74, 6) is 0.912. The molecule has 0 aromatic carbocycles. The maximum absolute atomic E-state index is 12.9. The Morgan fingerprint density at radius 3 is 2.54 bits per heavy atom. The van der Waals surface area contributed by atoms with Gasteiger partial charge in [0.15, 0.2) is 0 Å². The molecule has 3 aliphatic rings. The van der Waals surface area contributed by atoms with Crippen LogP contribution in [0.5, 0.6) is 0 Å². The summed E-state index contributed by atoms with van der Waals surface area (Å²) in [5.41, 5.74) is 0.00920. The Morgan fingerprint density at radius 1 is 0.962 bits per heavy atom. The van der Waals surface area contributed by atoms with Crippen LogP contribution >= 0.6 is 0 Å². The number of nitrogens with one attached hydrogen (secondary N) is 1. The fraction of sp³-hybridized carbons (Fsp3) is 0.773. The molecule has 0 bridgehead atoms. The molecule has 1 amide bonds. The fourth-order valence-electron chi connectivity index (χ4n) is 5.81. The number of rotatable bonds is 5. The Labute approximate surface area is 158 Å². The zero-order valence-electron chi connectivity index (χ0n) is 16.2. The van der Waals surface area contributed by atoms with Crippen LogP contribution in [-0.2, 0) is 10.3 Å². The Balaban J connectivity index is 1.35. The minimum absolute atomic E-state index is 0.00920. The van der Waals surface area contributed by atoms with E-state index in [9.17, 15) is 4.79 Å².